The van der Waals surface area contributed by atoms with Gasteiger partial charge in [0, 0.05) is 27.5 Å². The molecule has 1 aliphatic heterocycles. The number of carbonyl (C=O) groups excluding carboxylic acids is 1. The molecule has 2 heterocycles. The number of ketones is 1. The number of nitrogens with two attached hydrogens (primary N) is 1. The van der Waals surface area contributed by atoms with Crippen LogP contribution >= 0.6 is 23.1 Å². The van der Waals surface area contributed by atoms with Gasteiger partial charge < -0.3 is 5.73 Å². The summed E-state index contributed by atoms with van der Waals surface area (Å²) in [6.07, 6.45) is 1.74. The molecule has 0 spiro atoms. The minimum absolute atomic E-state index is 0.0127. The minimum Gasteiger partial charge on any atom is -0.384 e. The summed E-state index contributed by atoms with van der Waals surface area (Å²) in [4.78, 5) is 16.7. The zero-order valence-electron chi connectivity index (χ0n) is 15.9. The fourth-order valence-corrected chi connectivity index (χ4v) is 6.10. The Balaban J connectivity index is 1.98. The van der Waals surface area contributed by atoms with Crippen molar-refractivity contribution in [2.24, 2.45) is 5.73 Å². The van der Waals surface area contributed by atoms with Crippen molar-refractivity contribution in [3.63, 3.8) is 0 Å². The Hall–Kier alpha value is -2.56. The minimum atomic E-state index is -0.486. The summed E-state index contributed by atoms with van der Waals surface area (Å²) in [7, 11) is 0. The molecule has 0 saturated carbocycles. The topological polar surface area (TPSA) is 70.1 Å². The second kappa shape index (κ2) is 8.05. The van der Waals surface area contributed by atoms with E-state index in [0.717, 1.165) is 15.5 Å². The summed E-state index contributed by atoms with van der Waals surface area (Å²) in [6.45, 7) is 2.07. The number of hydrogen-bond donors (Lipinski definition) is 1. The molecule has 4 rings (SSSR count). The molecule has 4 nitrogen and oxygen atoms in total. The standard InChI is InChI=1S/C22H20FN3OS2/c1-2-28-18-10-11-29-21(18)19-13(12-24)22(25)26(15-7-4-3-6-14(15)23)16-8-5-9-17(27)20(16)19/h3-4,6-7,10-11,19H,2,5,8-9,25H2,1H3. The summed E-state index contributed by atoms with van der Waals surface area (Å²) in [5, 5.41) is 12.0. The highest BCUT2D eigenvalue weighted by Crippen LogP contribution is 2.49. The van der Waals surface area contributed by atoms with Crippen LogP contribution in [0.3, 0.4) is 0 Å². The first-order valence-corrected chi connectivity index (χ1v) is 11.4. The predicted octanol–water partition coefficient (Wildman–Crippen LogP) is 5.30. The van der Waals surface area contributed by atoms with Gasteiger partial charge in [0.2, 0.25) is 0 Å². The van der Waals surface area contributed by atoms with Crippen molar-refractivity contribution in [2.45, 2.75) is 37.0 Å². The molecule has 1 aromatic heterocycles. The lowest BCUT2D eigenvalue weighted by Gasteiger charge is -2.39. The molecule has 2 aliphatic rings. The van der Waals surface area contributed by atoms with Crippen molar-refractivity contribution in [2.75, 3.05) is 10.7 Å². The molecule has 29 heavy (non-hydrogen) atoms. The Morgan fingerprint density at radius 1 is 1.34 bits per heavy atom. The first-order chi connectivity index (χ1) is 14.1. The number of thioether (sulfide) groups is 1. The van der Waals surface area contributed by atoms with E-state index >= 15 is 0 Å². The van der Waals surface area contributed by atoms with Gasteiger partial charge in [-0.15, -0.1) is 23.1 Å². The Labute approximate surface area is 177 Å². The second-order valence-corrected chi connectivity index (χ2v) is 9.10. The molecule has 1 unspecified atom stereocenters. The van der Waals surface area contributed by atoms with Gasteiger partial charge in [0.05, 0.1) is 23.2 Å². The maximum absolute atomic E-state index is 14.7. The summed E-state index contributed by atoms with van der Waals surface area (Å²) in [5.41, 5.74) is 8.36. The highest BCUT2D eigenvalue weighted by atomic mass is 32.2. The summed E-state index contributed by atoms with van der Waals surface area (Å²) in [5.74, 6) is 0.184. The highest BCUT2D eigenvalue weighted by Gasteiger charge is 2.42. The number of rotatable bonds is 4. The van der Waals surface area contributed by atoms with E-state index in [0.29, 0.717) is 36.1 Å². The second-order valence-electron chi connectivity index (χ2n) is 6.85. The molecule has 0 amide bonds. The lowest BCUT2D eigenvalue weighted by Crippen LogP contribution is -2.39. The molecule has 1 aromatic carbocycles. The summed E-state index contributed by atoms with van der Waals surface area (Å²) < 4.78 is 14.7. The molecule has 2 aromatic rings. The lowest BCUT2D eigenvalue weighted by atomic mass is 9.78. The number of allylic oxidation sites excluding steroid dienone is 3. The third-order valence-corrected chi connectivity index (χ3v) is 7.29. The van der Waals surface area contributed by atoms with Crippen LogP contribution in [0.5, 0.6) is 0 Å². The van der Waals surface area contributed by atoms with Crippen molar-refractivity contribution in [1.82, 2.24) is 0 Å². The molecule has 1 aliphatic carbocycles. The van der Waals surface area contributed by atoms with Gasteiger partial charge in [-0.25, -0.2) is 4.39 Å². The molecule has 2 N–H and O–H groups in total. The van der Waals surface area contributed by atoms with Crippen LogP contribution in [-0.2, 0) is 4.79 Å². The SMILES string of the molecule is CCSc1ccsc1C1C(C#N)=C(N)N(c2ccccc2F)C2=C1C(=O)CCC2. The van der Waals surface area contributed by atoms with E-state index in [2.05, 4.69) is 13.0 Å². The highest BCUT2D eigenvalue weighted by molar-refractivity contribution is 7.99. The van der Waals surface area contributed by atoms with Gasteiger partial charge in [0.15, 0.2) is 5.78 Å². The van der Waals surface area contributed by atoms with Crippen LogP contribution < -0.4 is 10.6 Å². The number of nitrogens with zero attached hydrogens (tertiary/aromatic N) is 2. The van der Waals surface area contributed by atoms with Crippen molar-refractivity contribution in [3.05, 3.63) is 69.1 Å². The van der Waals surface area contributed by atoms with E-state index in [1.807, 2.05) is 11.4 Å². The molecule has 0 bridgehead atoms. The summed E-state index contributed by atoms with van der Waals surface area (Å²) in [6, 6.07) is 10.6. The fourth-order valence-electron chi connectivity index (χ4n) is 4.05. The number of carbonyl (C=O) groups is 1. The molecule has 1 atom stereocenters. The van der Waals surface area contributed by atoms with Crippen molar-refractivity contribution >= 4 is 34.6 Å². The molecule has 7 heteroatoms. The lowest BCUT2D eigenvalue weighted by molar-refractivity contribution is -0.116. The van der Waals surface area contributed by atoms with E-state index in [4.69, 9.17) is 5.73 Å². The third kappa shape index (κ3) is 3.26. The maximum atomic E-state index is 14.7. The summed E-state index contributed by atoms with van der Waals surface area (Å²) >= 11 is 3.22. The van der Waals surface area contributed by atoms with Crippen LogP contribution in [0, 0.1) is 17.1 Å². The van der Waals surface area contributed by atoms with E-state index < -0.39 is 11.7 Å². The van der Waals surface area contributed by atoms with Crippen molar-refractivity contribution in [1.29, 1.82) is 5.26 Å². The number of para-hydroxylation sites is 1. The zero-order chi connectivity index (χ0) is 20.5. The molecule has 148 valence electrons. The first-order valence-electron chi connectivity index (χ1n) is 9.49. The van der Waals surface area contributed by atoms with E-state index in [1.165, 1.54) is 17.4 Å². The van der Waals surface area contributed by atoms with E-state index in [-0.39, 0.29) is 17.3 Å². The van der Waals surface area contributed by atoms with Crippen LogP contribution in [0.15, 0.2) is 63.3 Å². The average molecular weight is 426 g/mol. The molecule has 0 fully saturated rings. The molecule has 0 saturated heterocycles. The molecular formula is C22H20FN3OS2. The normalized spacial score (nSPS) is 19.4. The quantitative estimate of drug-likeness (QED) is 0.673. The predicted molar refractivity (Wildman–Crippen MR) is 115 cm³/mol. The van der Waals surface area contributed by atoms with Gasteiger partial charge in [-0.3, -0.25) is 9.69 Å². The van der Waals surface area contributed by atoms with Crippen LogP contribution in [0.4, 0.5) is 10.1 Å². The molecule has 0 radical (unpaired) electrons. The van der Waals surface area contributed by atoms with E-state index in [9.17, 15) is 14.4 Å². The third-order valence-electron chi connectivity index (χ3n) is 5.23. The van der Waals surface area contributed by atoms with Crippen molar-refractivity contribution in [3.8, 4) is 6.07 Å². The smallest absolute Gasteiger partial charge is 0.161 e. The Morgan fingerprint density at radius 3 is 2.86 bits per heavy atom. The Bertz CT molecular complexity index is 1080. The maximum Gasteiger partial charge on any atom is 0.161 e. The van der Waals surface area contributed by atoms with Gasteiger partial charge in [-0.2, -0.15) is 5.26 Å². The Kier molecular flexibility index (Phi) is 5.48. The zero-order valence-corrected chi connectivity index (χ0v) is 17.6. The first kappa shape index (κ1) is 19.7. The Morgan fingerprint density at radius 2 is 2.14 bits per heavy atom. The van der Waals surface area contributed by atoms with Crippen LogP contribution in [-0.4, -0.2) is 11.5 Å². The number of nitriles is 1. The average Bonchev–Trinajstić information content (AvgIpc) is 3.16. The van der Waals surface area contributed by atoms with Gasteiger partial charge in [0.1, 0.15) is 11.6 Å². The fraction of sp³-hybridized carbons (Fsp3) is 0.273. The number of hydrogen-bond acceptors (Lipinski definition) is 6. The largest absolute Gasteiger partial charge is 0.384 e. The number of thiophene rings is 1. The number of Topliss-reactive ketones (excluding diaryl/α,β-unsaturated/α-hetero) is 1. The van der Waals surface area contributed by atoms with Crippen molar-refractivity contribution < 1.29 is 9.18 Å². The van der Waals surface area contributed by atoms with Crippen LogP contribution in [0.2, 0.25) is 0 Å². The van der Waals surface area contributed by atoms with E-state index in [1.54, 1.807) is 34.9 Å². The van der Waals surface area contributed by atoms with Gasteiger partial charge >= 0.3 is 0 Å². The van der Waals surface area contributed by atoms with Gasteiger partial charge in [0.25, 0.3) is 0 Å². The molecular weight excluding hydrogens is 405 g/mol. The van der Waals surface area contributed by atoms with Crippen LogP contribution in [0.1, 0.15) is 37.0 Å². The van der Waals surface area contributed by atoms with Gasteiger partial charge in [-0.1, -0.05) is 19.1 Å². The monoisotopic (exact) mass is 425 g/mol. The number of benzene rings is 1. The van der Waals surface area contributed by atoms with Crippen LogP contribution in [0.25, 0.3) is 0 Å². The van der Waals surface area contributed by atoms with Gasteiger partial charge in [-0.05, 0) is 42.2 Å². The number of halogens is 1. The number of anilines is 1.